The largest absolute Gasteiger partial charge is 0.497 e. The number of hydrogen-bond acceptors (Lipinski definition) is 7. The molecule has 1 amide bonds. The van der Waals surface area contributed by atoms with Gasteiger partial charge in [0.15, 0.2) is 0 Å². The fraction of sp³-hybridized carbons (Fsp3) is 0.345. The fourth-order valence-electron chi connectivity index (χ4n) is 5.17. The SMILES string of the molecule is COc1cccc(C2(CC(=O)NS(=O)(=O)Cc3ccccc3OC)CCN(c3ccccc3OC)CC2)c1. The third kappa shape index (κ3) is 6.22. The van der Waals surface area contributed by atoms with Crippen LogP contribution in [-0.2, 0) is 26.0 Å². The van der Waals surface area contributed by atoms with Gasteiger partial charge in [-0.1, -0.05) is 42.5 Å². The third-order valence-electron chi connectivity index (χ3n) is 7.13. The van der Waals surface area contributed by atoms with Crippen molar-refractivity contribution < 1.29 is 27.4 Å². The minimum atomic E-state index is -3.93. The maximum absolute atomic E-state index is 13.3. The second-order valence-electron chi connectivity index (χ2n) is 9.44. The van der Waals surface area contributed by atoms with Gasteiger partial charge < -0.3 is 19.1 Å². The molecule has 3 aromatic rings. The number of rotatable bonds is 10. The van der Waals surface area contributed by atoms with E-state index in [0.29, 0.717) is 43.0 Å². The highest BCUT2D eigenvalue weighted by molar-refractivity contribution is 7.89. The van der Waals surface area contributed by atoms with E-state index >= 15 is 0 Å². The number of para-hydroxylation sites is 3. The van der Waals surface area contributed by atoms with Gasteiger partial charge in [0.25, 0.3) is 0 Å². The zero-order chi connectivity index (χ0) is 27.2. The molecular formula is C29H34N2O6S. The first kappa shape index (κ1) is 27.3. The summed E-state index contributed by atoms with van der Waals surface area (Å²) < 4.78 is 44.5. The third-order valence-corrected chi connectivity index (χ3v) is 8.36. The molecule has 202 valence electrons. The predicted molar refractivity (Wildman–Crippen MR) is 147 cm³/mol. The summed E-state index contributed by atoms with van der Waals surface area (Å²) >= 11 is 0. The number of methoxy groups -OCH3 is 3. The van der Waals surface area contributed by atoms with E-state index in [0.717, 1.165) is 17.0 Å². The van der Waals surface area contributed by atoms with Gasteiger partial charge in [-0.2, -0.15) is 0 Å². The molecule has 8 nitrogen and oxygen atoms in total. The molecular weight excluding hydrogens is 504 g/mol. The van der Waals surface area contributed by atoms with Crippen molar-refractivity contribution in [2.24, 2.45) is 0 Å². The molecule has 4 rings (SSSR count). The van der Waals surface area contributed by atoms with Crippen LogP contribution in [0.15, 0.2) is 72.8 Å². The van der Waals surface area contributed by atoms with Crippen LogP contribution in [-0.4, -0.2) is 48.7 Å². The second-order valence-corrected chi connectivity index (χ2v) is 11.2. The highest BCUT2D eigenvalue weighted by Crippen LogP contribution is 2.42. The quantitative estimate of drug-likeness (QED) is 0.412. The van der Waals surface area contributed by atoms with E-state index < -0.39 is 21.3 Å². The Bertz CT molecular complexity index is 1370. The van der Waals surface area contributed by atoms with Gasteiger partial charge in [0.2, 0.25) is 15.9 Å². The standard InChI is InChI=1S/C29H34N2O6S/c1-35-24-11-8-10-23(19-24)29(15-17-31(18-16-29)25-12-5-7-14-27(25)37-3)20-28(32)30-38(33,34)21-22-9-4-6-13-26(22)36-2/h4-14,19H,15-18,20-21H2,1-3H3,(H,30,32). The molecule has 1 heterocycles. The van der Waals surface area contributed by atoms with Crippen LogP contribution in [0.3, 0.4) is 0 Å². The Balaban J connectivity index is 1.55. The lowest BCUT2D eigenvalue weighted by Crippen LogP contribution is -2.46. The number of hydrogen-bond donors (Lipinski definition) is 1. The van der Waals surface area contributed by atoms with E-state index in [4.69, 9.17) is 14.2 Å². The van der Waals surface area contributed by atoms with E-state index in [-0.39, 0.29) is 12.2 Å². The van der Waals surface area contributed by atoms with Crippen molar-refractivity contribution in [3.05, 3.63) is 83.9 Å². The Morgan fingerprint density at radius 1 is 0.868 bits per heavy atom. The molecule has 0 aromatic heterocycles. The Morgan fingerprint density at radius 2 is 1.53 bits per heavy atom. The highest BCUT2D eigenvalue weighted by atomic mass is 32.2. The molecule has 9 heteroatoms. The normalized spacial score (nSPS) is 15.0. The second kappa shape index (κ2) is 11.8. The van der Waals surface area contributed by atoms with Crippen molar-refractivity contribution in [3.8, 4) is 17.2 Å². The Morgan fingerprint density at radius 3 is 2.21 bits per heavy atom. The van der Waals surface area contributed by atoms with E-state index in [1.165, 1.54) is 7.11 Å². The van der Waals surface area contributed by atoms with E-state index in [1.807, 2.05) is 48.5 Å². The van der Waals surface area contributed by atoms with Gasteiger partial charge in [0.05, 0.1) is 32.8 Å². The molecule has 38 heavy (non-hydrogen) atoms. The fourth-order valence-corrected chi connectivity index (χ4v) is 6.31. The average molecular weight is 539 g/mol. The molecule has 0 atom stereocenters. The van der Waals surface area contributed by atoms with Crippen molar-refractivity contribution in [3.63, 3.8) is 0 Å². The molecule has 1 saturated heterocycles. The van der Waals surface area contributed by atoms with Crippen molar-refractivity contribution in [2.75, 3.05) is 39.3 Å². The number of sulfonamides is 1. The number of carbonyl (C=O) groups is 1. The molecule has 0 saturated carbocycles. The maximum Gasteiger partial charge on any atom is 0.239 e. The zero-order valence-electron chi connectivity index (χ0n) is 22.0. The van der Waals surface area contributed by atoms with Crippen LogP contribution in [0, 0.1) is 0 Å². The van der Waals surface area contributed by atoms with Gasteiger partial charge in [0.1, 0.15) is 17.2 Å². The molecule has 1 N–H and O–H groups in total. The Hall–Kier alpha value is -3.72. The van der Waals surface area contributed by atoms with Crippen LogP contribution in [0.5, 0.6) is 17.2 Å². The van der Waals surface area contributed by atoms with Gasteiger partial charge in [-0.25, -0.2) is 8.42 Å². The van der Waals surface area contributed by atoms with E-state index in [9.17, 15) is 13.2 Å². The van der Waals surface area contributed by atoms with Crippen molar-refractivity contribution >= 4 is 21.6 Å². The minimum Gasteiger partial charge on any atom is -0.497 e. The van der Waals surface area contributed by atoms with Gasteiger partial charge >= 0.3 is 0 Å². The van der Waals surface area contributed by atoms with Crippen LogP contribution < -0.4 is 23.8 Å². The number of ether oxygens (including phenoxy) is 3. The molecule has 0 radical (unpaired) electrons. The molecule has 0 unspecified atom stereocenters. The molecule has 0 aliphatic carbocycles. The number of nitrogens with one attached hydrogen (secondary N) is 1. The number of carbonyl (C=O) groups excluding carboxylic acids is 1. The van der Waals surface area contributed by atoms with Crippen LogP contribution >= 0.6 is 0 Å². The molecule has 3 aromatic carbocycles. The number of anilines is 1. The lowest BCUT2D eigenvalue weighted by molar-refractivity contribution is -0.120. The Labute approximate surface area is 224 Å². The number of piperidine rings is 1. The molecule has 1 aliphatic heterocycles. The summed E-state index contributed by atoms with van der Waals surface area (Å²) in [5.74, 6) is 1.06. The first-order chi connectivity index (χ1) is 18.3. The smallest absolute Gasteiger partial charge is 0.239 e. The van der Waals surface area contributed by atoms with Crippen molar-refractivity contribution in [1.82, 2.24) is 4.72 Å². The summed E-state index contributed by atoms with van der Waals surface area (Å²) in [7, 11) is 0.809. The van der Waals surface area contributed by atoms with E-state index in [1.54, 1.807) is 38.5 Å². The van der Waals surface area contributed by atoms with Crippen molar-refractivity contribution in [2.45, 2.75) is 30.4 Å². The van der Waals surface area contributed by atoms with Gasteiger partial charge in [-0.15, -0.1) is 0 Å². The van der Waals surface area contributed by atoms with Crippen LogP contribution in [0.1, 0.15) is 30.4 Å². The lowest BCUT2D eigenvalue weighted by atomic mass is 9.70. The highest BCUT2D eigenvalue weighted by Gasteiger charge is 2.39. The van der Waals surface area contributed by atoms with Crippen LogP contribution in [0.2, 0.25) is 0 Å². The average Bonchev–Trinajstić information content (AvgIpc) is 2.93. The zero-order valence-corrected chi connectivity index (χ0v) is 22.8. The summed E-state index contributed by atoms with van der Waals surface area (Å²) in [6, 6.07) is 22.4. The summed E-state index contributed by atoms with van der Waals surface area (Å²) in [4.78, 5) is 15.5. The Kier molecular flexibility index (Phi) is 8.46. The molecule has 1 aliphatic rings. The molecule has 0 bridgehead atoms. The van der Waals surface area contributed by atoms with Crippen molar-refractivity contribution in [1.29, 1.82) is 0 Å². The summed E-state index contributed by atoms with van der Waals surface area (Å²) in [6.07, 6.45) is 1.33. The lowest BCUT2D eigenvalue weighted by Gasteiger charge is -2.43. The van der Waals surface area contributed by atoms with Gasteiger partial charge in [0, 0.05) is 30.5 Å². The predicted octanol–water partition coefficient (Wildman–Crippen LogP) is 4.29. The molecule has 0 spiro atoms. The van der Waals surface area contributed by atoms with E-state index in [2.05, 4.69) is 9.62 Å². The van der Waals surface area contributed by atoms with Crippen LogP contribution in [0.4, 0.5) is 5.69 Å². The first-order valence-corrected chi connectivity index (χ1v) is 14.1. The minimum absolute atomic E-state index is 0.0328. The summed E-state index contributed by atoms with van der Waals surface area (Å²) in [5.41, 5.74) is 1.88. The topological polar surface area (TPSA) is 94.2 Å². The number of benzene rings is 3. The first-order valence-electron chi connectivity index (χ1n) is 12.5. The van der Waals surface area contributed by atoms with Gasteiger partial charge in [-0.05, 0) is 48.7 Å². The summed E-state index contributed by atoms with van der Waals surface area (Å²) in [5, 5.41) is 0. The maximum atomic E-state index is 13.3. The van der Waals surface area contributed by atoms with Crippen LogP contribution in [0.25, 0.3) is 0 Å². The van der Waals surface area contributed by atoms with Gasteiger partial charge in [-0.3, -0.25) is 9.52 Å². The number of nitrogens with zero attached hydrogens (tertiary/aromatic N) is 1. The molecule has 1 fully saturated rings. The summed E-state index contributed by atoms with van der Waals surface area (Å²) in [6.45, 7) is 1.36. The monoisotopic (exact) mass is 538 g/mol. The number of amides is 1.